The van der Waals surface area contributed by atoms with E-state index in [0.717, 1.165) is 30.3 Å². The molecule has 2 aromatic heterocycles. The maximum atomic E-state index is 12.9. The summed E-state index contributed by atoms with van der Waals surface area (Å²) in [5, 5.41) is 0.820. The summed E-state index contributed by atoms with van der Waals surface area (Å²) in [5.74, 6) is 0.454. The maximum Gasteiger partial charge on any atom is 0.261 e. The minimum atomic E-state index is -0.0120. The summed E-state index contributed by atoms with van der Waals surface area (Å²) in [4.78, 5) is 23.2. The van der Waals surface area contributed by atoms with Crippen molar-refractivity contribution < 1.29 is 9.53 Å². The fourth-order valence-corrected chi connectivity index (χ4v) is 3.65. The molecular weight excluding hydrogens is 328 g/mol. The van der Waals surface area contributed by atoms with E-state index in [4.69, 9.17) is 4.74 Å². The lowest BCUT2D eigenvalue weighted by Gasteiger charge is -2.37. The van der Waals surface area contributed by atoms with Gasteiger partial charge in [0.2, 0.25) is 5.88 Å². The van der Waals surface area contributed by atoms with E-state index in [1.54, 1.807) is 0 Å². The third-order valence-corrected chi connectivity index (χ3v) is 4.89. The van der Waals surface area contributed by atoms with Crippen molar-refractivity contribution in [2.75, 3.05) is 13.2 Å². The van der Waals surface area contributed by atoms with Gasteiger partial charge in [-0.1, -0.05) is 25.5 Å². The molecule has 3 heterocycles. The minimum Gasteiger partial charge on any atom is -0.467 e. The van der Waals surface area contributed by atoms with Crippen LogP contribution in [0.5, 0.6) is 5.88 Å². The SMILES string of the molecule is CCC[C@H]1c2cccn2CCN1C(=O)COc1ncnc2ccccc12. The molecule has 1 aliphatic heterocycles. The van der Waals surface area contributed by atoms with E-state index in [1.807, 2.05) is 29.2 Å². The number of fused-ring (bicyclic) bond motifs is 2. The molecule has 0 bridgehead atoms. The fraction of sp³-hybridized carbons (Fsp3) is 0.350. The second kappa shape index (κ2) is 7.15. The number of para-hydroxylation sites is 1. The van der Waals surface area contributed by atoms with Gasteiger partial charge in [-0.15, -0.1) is 0 Å². The molecule has 0 N–H and O–H groups in total. The van der Waals surface area contributed by atoms with E-state index in [1.165, 1.54) is 12.0 Å². The van der Waals surface area contributed by atoms with Crippen LogP contribution < -0.4 is 4.74 Å². The van der Waals surface area contributed by atoms with Gasteiger partial charge in [0, 0.05) is 25.0 Å². The van der Waals surface area contributed by atoms with E-state index in [0.29, 0.717) is 12.4 Å². The molecular formula is C20H22N4O2. The van der Waals surface area contributed by atoms with E-state index >= 15 is 0 Å². The van der Waals surface area contributed by atoms with Crippen molar-refractivity contribution in [3.8, 4) is 5.88 Å². The monoisotopic (exact) mass is 350 g/mol. The molecule has 0 unspecified atom stereocenters. The van der Waals surface area contributed by atoms with Crippen molar-refractivity contribution in [3.05, 3.63) is 54.6 Å². The van der Waals surface area contributed by atoms with Gasteiger partial charge in [-0.3, -0.25) is 4.79 Å². The van der Waals surface area contributed by atoms with Gasteiger partial charge in [0.1, 0.15) is 6.33 Å². The van der Waals surface area contributed by atoms with Crippen molar-refractivity contribution in [1.29, 1.82) is 0 Å². The lowest BCUT2D eigenvalue weighted by Crippen LogP contribution is -2.44. The van der Waals surface area contributed by atoms with E-state index in [9.17, 15) is 4.79 Å². The van der Waals surface area contributed by atoms with Crippen molar-refractivity contribution >= 4 is 16.8 Å². The summed E-state index contributed by atoms with van der Waals surface area (Å²) >= 11 is 0. The minimum absolute atomic E-state index is 0.00130. The third kappa shape index (κ3) is 3.03. The van der Waals surface area contributed by atoms with Crippen LogP contribution in [0.25, 0.3) is 10.9 Å². The molecule has 0 spiro atoms. The summed E-state index contributed by atoms with van der Waals surface area (Å²) in [6.45, 7) is 3.67. The molecule has 0 fully saturated rings. The van der Waals surface area contributed by atoms with Crippen LogP contribution >= 0.6 is 0 Å². The number of hydrogen-bond acceptors (Lipinski definition) is 4. The van der Waals surface area contributed by atoms with Gasteiger partial charge in [0.05, 0.1) is 16.9 Å². The molecule has 0 radical (unpaired) electrons. The van der Waals surface area contributed by atoms with Crippen LogP contribution in [0.15, 0.2) is 48.9 Å². The first-order valence-corrected chi connectivity index (χ1v) is 9.05. The number of carbonyl (C=O) groups excluding carboxylic acids is 1. The summed E-state index contributed by atoms with van der Waals surface area (Å²) in [5.41, 5.74) is 2.02. The van der Waals surface area contributed by atoms with Crippen LogP contribution in [0.1, 0.15) is 31.5 Å². The highest BCUT2D eigenvalue weighted by Gasteiger charge is 2.30. The van der Waals surface area contributed by atoms with Gasteiger partial charge in [0.15, 0.2) is 6.61 Å². The van der Waals surface area contributed by atoms with Gasteiger partial charge >= 0.3 is 0 Å². The number of nitrogens with zero attached hydrogens (tertiary/aromatic N) is 4. The molecule has 0 saturated carbocycles. The molecule has 1 atom stereocenters. The predicted octanol–water partition coefficient (Wildman–Crippen LogP) is 3.19. The van der Waals surface area contributed by atoms with Crippen LogP contribution in [-0.4, -0.2) is 38.5 Å². The van der Waals surface area contributed by atoms with Crippen LogP contribution in [0.4, 0.5) is 0 Å². The molecule has 3 aromatic rings. The molecule has 134 valence electrons. The average molecular weight is 350 g/mol. The Morgan fingerprint density at radius 1 is 1.19 bits per heavy atom. The average Bonchev–Trinajstić information content (AvgIpc) is 3.16. The first-order valence-electron chi connectivity index (χ1n) is 9.05. The van der Waals surface area contributed by atoms with Crippen molar-refractivity contribution in [3.63, 3.8) is 0 Å². The Morgan fingerprint density at radius 2 is 2.08 bits per heavy atom. The quantitative estimate of drug-likeness (QED) is 0.709. The van der Waals surface area contributed by atoms with Crippen LogP contribution in [0, 0.1) is 0 Å². The number of rotatable bonds is 5. The summed E-state index contributed by atoms with van der Waals surface area (Å²) in [6.07, 6.45) is 5.53. The Kier molecular flexibility index (Phi) is 4.56. The first kappa shape index (κ1) is 16.6. The highest BCUT2D eigenvalue weighted by Crippen LogP contribution is 2.30. The second-order valence-corrected chi connectivity index (χ2v) is 6.50. The normalized spacial score (nSPS) is 16.5. The lowest BCUT2D eigenvalue weighted by atomic mass is 10.0. The van der Waals surface area contributed by atoms with Gasteiger partial charge in [0.25, 0.3) is 5.91 Å². The number of aromatic nitrogens is 3. The zero-order valence-corrected chi connectivity index (χ0v) is 14.8. The Balaban J connectivity index is 1.51. The maximum absolute atomic E-state index is 12.9. The molecule has 1 aromatic carbocycles. The van der Waals surface area contributed by atoms with E-state index in [-0.39, 0.29) is 18.6 Å². The van der Waals surface area contributed by atoms with Gasteiger partial charge in [-0.25, -0.2) is 9.97 Å². The zero-order valence-electron chi connectivity index (χ0n) is 14.8. The smallest absolute Gasteiger partial charge is 0.261 e. The summed E-state index contributed by atoms with van der Waals surface area (Å²) in [6, 6.07) is 11.9. The Bertz CT molecular complexity index is 916. The van der Waals surface area contributed by atoms with Gasteiger partial charge in [-0.2, -0.15) is 0 Å². The molecule has 1 aliphatic rings. The Labute approximate surface area is 152 Å². The van der Waals surface area contributed by atoms with E-state index in [2.05, 4.69) is 39.8 Å². The molecule has 1 amide bonds. The largest absolute Gasteiger partial charge is 0.467 e. The molecule has 6 nitrogen and oxygen atoms in total. The molecule has 0 aliphatic carbocycles. The Morgan fingerprint density at radius 3 is 2.96 bits per heavy atom. The second-order valence-electron chi connectivity index (χ2n) is 6.50. The molecule has 0 saturated heterocycles. The topological polar surface area (TPSA) is 60.2 Å². The van der Waals surface area contributed by atoms with Crippen molar-refractivity contribution in [2.24, 2.45) is 0 Å². The first-order chi connectivity index (χ1) is 12.8. The fourth-order valence-electron chi connectivity index (χ4n) is 3.65. The van der Waals surface area contributed by atoms with Gasteiger partial charge in [-0.05, 0) is 30.7 Å². The number of ether oxygens (including phenoxy) is 1. The Hall–Kier alpha value is -2.89. The summed E-state index contributed by atoms with van der Waals surface area (Å²) in [7, 11) is 0. The zero-order chi connectivity index (χ0) is 17.9. The predicted molar refractivity (Wildman–Crippen MR) is 98.8 cm³/mol. The molecule has 6 heteroatoms. The molecule has 26 heavy (non-hydrogen) atoms. The highest BCUT2D eigenvalue weighted by atomic mass is 16.5. The van der Waals surface area contributed by atoms with Gasteiger partial charge < -0.3 is 14.2 Å². The van der Waals surface area contributed by atoms with Crippen LogP contribution in [0.3, 0.4) is 0 Å². The van der Waals surface area contributed by atoms with E-state index < -0.39 is 0 Å². The number of amides is 1. The van der Waals surface area contributed by atoms with Crippen molar-refractivity contribution in [2.45, 2.75) is 32.4 Å². The number of benzene rings is 1. The van der Waals surface area contributed by atoms with Crippen LogP contribution in [0.2, 0.25) is 0 Å². The highest BCUT2D eigenvalue weighted by molar-refractivity contribution is 5.84. The standard InChI is InChI=1S/C20H22N4O2/c1-2-6-18-17-9-5-10-23(17)11-12-24(18)19(25)13-26-20-15-7-3-4-8-16(15)21-14-22-20/h3-5,7-10,14,18H,2,6,11-13H2,1H3/t18-/m0/s1. The lowest BCUT2D eigenvalue weighted by molar-refractivity contribution is -0.137. The number of hydrogen-bond donors (Lipinski definition) is 0. The third-order valence-electron chi connectivity index (χ3n) is 4.89. The van der Waals surface area contributed by atoms with Crippen LogP contribution in [-0.2, 0) is 11.3 Å². The summed E-state index contributed by atoms with van der Waals surface area (Å²) < 4.78 is 8.02. The van der Waals surface area contributed by atoms with Crippen molar-refractivity contribution in [1.82, 2.24) is 19.4 Å². The molecule has 4 rings (SSSR count). The number of carbonyl (C=O) groups is 1.